The van der Waals surface area contributed by atoms with Crippen molar-refractivity contribution < 1.29 is 0 Å². The molecule has 10 aromatic rings. The second-order valence-electron chi connectivity index (χ2n) is 12.6. The van der Waals surface area contributed by atoms with Crippen LogP contribution in [0.25, 0.3) is 93.2 Å². The number of para-hydroxylation sites is 1. The Kier molecular flexibility index (Phi) is 5.64. The minimum atomic E-state index is 1.16. The van der Waals surface area contributed by atoms with Gasteiger partial charge in [-0.25, -0.2) is 0 Å². The number of hydrogen-bond donors (Lipinski definition) is 0. The second kappa shape index (κ2) is 10.2. The van der Waals surface area contributed by atoms with Crippen molar-refractivity contribution in [1.29, 1.82) is 0 Å². The first-order valence-electron chi connectivity index (χ1n) is 16.3. The van der Waals surface area contributed by atoms with Crippen LogP contribution in [-0.2, 0) is 0 Å². The fourth-order valence-corrected chi connectivity index (χ4v) is 7.76. The van der Waals surface area contributed by atoms with E-state index in [-0.39, 0.29) is 0 Å². The van der Waals surface area contributed by atoms with Gasteiger partial charge in [0.15, 0.2) is 0 Å². The summed E-state index contributed by atoms with van der Waals surface area (Å²) in [6.07, 6.45) is 0. The van der Waals surface area contributed by atoms with E-state index in [9.17, 15) is 0 Å². The maximum absolute atomic E-state index is 2.46. The summed E-state index contributed by atoms with van der Waals surface area (Å²) in [6.45, 7) is 0. The average molecular weight is 596 g/mol. The predicted octanol–water partition coefficient (Wildman–Crippen LogP) is 12.7. The van der Waals surface area contributed by atoms with Crippen molar-refractivity contribution in [3.8, 4) is 39.1 Å². The van der Waals surface area contributed by atoms with E-state index < -0.39 is 0 Å². The Bertz CT molecular complexity index is 2700. The van der Waals surface area contributed by atoms with Gasteiger partial charge >= 0.3 is 0 Å². The summed E-state index contributed by atoms with van der Waals surface area (Å²) in [5, 5.41) is 10.5. The summed E-state index contributed by atoms with van der Waals surface area (Å²) in [4.78, 5) is 0. The molecule has 0 amide bonds. The molecule has 0 aliphatic rings. The van der Waals surface area contributed by atoms with Crippen LogP contribution in [-0.4, -0.2) is 4.57 Å². The van der Waals surface area contributed by atoms with Crippen LogP contribution in [0.15, 0.2) is 176 Å². The molecule has 1 heteroatoms. The SMILES string of the molecule is c1ccc(-c2cc(-c3ccccc3)cc(-c3cccc(-n4c5ccccc5c5c6ccc7cccc8ccc(cc54)c6c87)c3)c2)cc1. The van der Waals surface area contributed by atoms with Gasteiger partial charge in [-0.05, 0) is 108 Å². The Balaban J connectivity index is 1.23. The van der Waals surface area contributed by atoms with E-state index in [0.29, 0.717) is 0 Å². The Morgan fingerprint density at radius 3 is 1.57 bits per heavy atom. The molecule has 0 saturated carbocycles. The number of hydrogen-bond acceptors (Lipinski definition) is 0. The summed E-state index contributed by atoms with van der Waals surface area (Å²) in [7, 11) is 0. The van der Waals surface area contributed by atoms with Crippen molar-refractivity contribution >= 4 is 54.1 Å². The lowest BCUT2D eigenvalue weighted by molar-refractivity contribution is 1.18. The molecule has 218 valence electrons. The lowest BCUT2D eigenvalue weighted by atomic mass is 9.92. The molecule has 0 aliphatic carbocycles. The van der Waals surface area contributed by atoms with E-state index in [1.807, 2.05) is 0 Å². The van der Waals surface area contributed by atoms with Gasteiger partial charge in [0.2, 0.25) is 0 Å². The van der Waals surface area contributed by atoms with Crippen molar-refractivity contribution in [2.45, 2.75) is 0 Å². The van der Waals surface area contributed by atoms with Crippen molar-refractivity contribution in [1.82, 2.24) is 4.57 Å². The molecule has 47 heavy (non-hydrogen) atoms. The molecule has 0 saturated heterocycles. The minimum absolute atomic E-state index is 1.16. The van der Waals surface area contributed by atoms with Gasteiger partial charge in [-0.2, -0.15) is 0 Å². The molecular weight excluding hydrogens is 567 g/mol. The first-order chi connectivity index (χ1) is 23.3. The van der Waals surface area contributed by atoms with E-state index in [1.54, 1.807) is 0 Å². The Labute approximate surface area is 272 Å². The van der Waals surface area contributed by atoms with Crippen molar-refractivity contribution in [3.05, 3.63) is 176 Å². The van der Waals surface area contributed by atoms with Gasteiger partial charge < -0.3 is 4.57 Å². The predicted molar refractivity (Wildman–Crippen MR) is 201 cm³/mol. The van der Waals surface area contributed by atoms with Crippen molar-refractivity contribution in [3.63, 3.8) is 0 Å². The molecule has 0 fully saturated rings. The lowest BCUT2D eigenvalue weighted by Crippen LogP contribution is -1.95. The van der Waals surface area contributed by atoms with Gasteiger partial charge in [0.25, 0.3) is 0 Å². The third-order valence-electron chi connectivity index (χ3n) is 9.87. The normalized spacial score (nSPS) is 11.8. The Morgan fingerprint density at radius 1 is 0.277 bits per heavy atom. The summed E-state index contributed by atoms with van der Waals surface area (Å²) in [5.74, 6) is 0. The number of nitrogens with zero attached hydrogens (tertiary/aromatic N) is 1. The molecule has 0 aliphatic heterocycles. The molecule has 9 aromatic carbocycles. The third-order valence-corrected chi connectivity index (χ3v) is 9.87. The van der Waals surface area contributed by atoms with Gasteiger partial charge in [0, 0.05) is 16.5 Å². The molecule has 1 heterocycles. The second-order valence-corrected chi connectivity index (χ2v) is 12.6. The zero-order valence-electron chi connectivity index (χ0n) is 25.7. The molecule has 1 nitrogen and oxygen atoms in total. The molecule has 0 radical (unpaired) electrons. The van der Waals surface area contributed by atoms with Crippen LogP contribution in [0.5, 0.6) is 0 Å². The largest absolute Gasteiger partial charge is 0.309 e. The first-order valence-corrected chi connectivity index (χ1v) is 16.3. The molecule has 10 rings (SSSR count). The van der Waals surface area contributed by atoms with Crippen molar-refractivity contribution in [2.75, 3.05) is 0 Å². The van der Waals surface area contributed by atoms with Crippen LogP contribution >= 0.6 is 0 Å². The Morgan fingerprint density at radius 2 is 0.851 bits per heavy atom. The number of rotatable bonds is 4. The first kappa shape index (κ1) is 26.1. The lowest BCUT2D eigenvalue weighted by Gasteiger charge is -2.15. The van der Waals surface area contributed by atoms with E-state index in [4.69, 9.17) is 0 Å². The summed E-state index contributed by atoms with van der Waals surface area (Å²) in [6, 6.07) is 64.5. The van der Waals surface area contributed by atoms with E-state index >= 15 is 0 Å². The van der Waals surface area contributed by atoms with Gasteiger partial charge in [-0.1, -0.05) is 133 Å². The van der Waals surface area contributed by atoms with Crippen LogP contribution in [0.1, 0.15) is 0 Å². The molecular formula is C46H29N. The van der Waals surface area contributed by atoms with E-state index in [2.05, 4.69) is 180 Å². The van der Waals surface area contributed by atoms with Crippen LogP contribution < -0.4 is 0 Å². The molecule has 0 spiro atoms. The topological polar surface area (TPSA) is 4.93 Å². The van der Waals surface area contributed by atoms with Crippen LogP contribution in [0.2, 0.25) is 0 Å². The summed E-state index contributed by atoms with van der Waals surface area (Å²) < 4.78 is 2.46. The number of fused-ring (bicyclic) bond motifs is 4. The minimum Gasteiger partial charge on any atom is -0.309 e. The number of benzene rings is 9. The Hall–Kier alpha value is -6.18. The molecule has 1 aromatic heterocycles. The highest BCUT2D eigenvalue weighted by Crippen LogP contribution is 2.43. The average Bonchev–Trinajstić information content (AvgIpc) is 3.48. The fourth-order valence-electron chi connectivity index (χ4n) is 7.76. The zero-order chi connectivity index (χ0) is 30.9. The summed E-state index contributed by atoms with van der Waals surface area (Å²) in [5.41, 5.74) is 10.9. The maximum Gasteiger partial charge on any atom is 0.0553 e. The molecule has 0 bridgehead atoms. The van der Waals surface area contributed by atoms with E-state index in [1.165, 1.54) is 87.5 Å². The van der Waals surface area contributed by atoms with Gasteiger partial charge in [-0.15, -0.1) is 0 Å². The summed E-state index contributed by atoms with van der Waals surface area (Å²) >= 11 is 0. The standard InChI is InChI=1S/C46H29N/c1-3-11-30(12-4-1)36-25-37(31-13-5-2-6-14-31)27-38(26-36)34-17-10-18-39(28-34)47-42-20-8-7-19-40(42)46-41-24-23-33-16-9-15-32-21-22-35(29-43(46)47)45(41)44(32)33/h1-29H. The number of aromatic nitrogens is 1. The van der Waals surface area contributed by atoms with Gasteiger partial charge in [0.05, 0.1) is 11.0 Å². The van der Waals surface area contributed by atoms with Crippen LogP contribution in [0.3, 0.4) is 0 Å². The monoisotopic (exact) mass is 595 g/mol. The van der Waals surface area contributed by atoms with Gasteiger partial charge in [0.1, 0.15) is 0 Å². The fraction of sp³-hybridized carbons (Fsp3) is 0. The van der Waals surface area contributed by atoms with Crippen LogP contribution in [0, 0.1) is 0 Å². The van der Waals surface area contributed by atoms with Gasteiger partial charge in [-0.3, -0.25) is 0 Å². The third kappa shape index (κ3) is 4.03. The highest BCUT2D eigenvalue weighted by molar-refractivity contribution is 6.33. The zero-order valence-corrected chi connectivity index (χ0v) is 25.7. The highest BCUT2D eigenvalue weighted by Gasteiger charge is 2.19. The van der Waals surface area contributed by atoms with Crippen LogP contribution in [0.4, 0.5) is 0 Å². The smallest absolute Gasteiger partial charge is 0.0553 e. The molecule has 0 unspecified atom stereocenters. The van der Waals surface area contributed by atoms with Crippen molar-refractivity contribution in [2.24, 2.45) is 0 Å². The highest BCUT2D eigenvalue weighted by atomic mass is 15.0. The molecule has 0 N–H and O–H groups in total. The quantitative estimate of drug-likeness (QED) is 0.178. The maximum atomic E-state index is 2.46. The van der Waals surface area contributed by atoms with E-state index in [0.717, 1.165) is 5.69 Å². The molecule has 0 atom stereocenters.